The Balaban J connectivity index is 1.48. The van der Waals surface area contributed by atoms with Crippen molar-refractivity contribution in [2.75, 3.05) is 19.6 Å². The van der Waals surface area contributed by atoms with Gasteiger partial charge in [-0.1, -0.05) is 11.6 Å². The molecule has 3 saturated heterocycles. The molecule has 1 atom stereocenters. The van der Waals surface area contributed by atoms with Crippen LogP contribution in [0.3, 0.4) is 0 Å². The molecule has 5 heterocycles. The van der Waals surface area contributed by atoms with Gasteiger partial charge in [-0.15, -0.1) is 0 Å². The van der Waals surface area contributed by atoms with Crippen molar-refractivity contribution in [3.63, 3.8) is 0 Å². The SMILES string of the molecule is O=C(N[C@H]1CN2CCC1CC2)c1ccc(-c2ccncc2Cl)o1. The number of nitrogens with one attached hydrogen (secondary N) is 1. The van der Waals surface area contributed by atoms with E-state index in [9.17, 15) is 4.79 Å². The third-order valence-electron chi connectivity index (χ3n) is 4.84. The molecule has 3 aliphatic heterocycles. The van der Waals surface area contributed by atoms with Crippen LogP contribution in [0.5, 0.6) is 0 Å². The van der Waals surface area contributed by atoms with Crippen LogP contribution in [0.25, 0.3) is 11.3 Å². The molecule has 2 aromatic heterocycles. The number of fused-ring (bicyclic) bond motifs is 3. The minimum atomic E-state index is -0.153. The highest BCUT2D eigenvalue weighted by molar-refractivity contribution is 6.33. The van der Waals surface area contributed by atoms with Gasteiger partial charge < -0.3 is 14.6 Å². The third-order valence-corrected chi connectivity index (χ3v) is 5.14. The van der Waals surface area contributed by atoms with E-state index in [1.807, 2.05) is 0 Å². The summed E-state index contributed by atoms with van der Waals surface area (Å²) >= 11 is 6.12. The zero-order chi connectivity index (χ0) is 15.8. The Morgan fingerprint density at radius 3 is 2.83 bits per heavy atom. The number of nitrogens with zero attached hydrogens (tertiary/aromatic N) is 2. The van der Waals surface area contributed by atoms with E-state index in [2.05, 4.69) is 15.2 Å². The zero-order valence-corrected chi connectivity index (χ0v) is 13.4. The lowest BCUT2D eigenvalue weighted by atomic mass is 9.84. The number of halogens is 1. The first kappa shape index (κ1) is 14.7. The van der Waals surface area contributed by atoms with Crippen LogP contribution in [-0.2, 0) is 0 Å². The predicted octanol–water partition coefficient (Wildman–Crippen LogP) is 2.82. The van der Waals surface area contributed by atoms with Crippen molar-refractivity contribution in [3.8, 4) is 11.3 Å². The number of piperidine rings is 3. The number of furan rings is 1. The van der Waals surface area contributed by atoms with Crippen LogP contribution in [0, 0.1) is 5.92 Å². The van der Waals surface area contributed by atoms with Gasteiger partial charge in [0.15, 0.2) is 5.76 Å². The quantitative estimate of drug-likeness (QED) is 0.939. The number of hydrogen-bond acceptors (Lipinski definition) is 4. The minimum absolute atomic E-state index is 0.153. The van der Waals surface area contributed by atoms with E-state index >= 15 is 0 Å². The largest absolute Gasteiger partial charge is 0.451 e. The maximum absolute atomic E-state index is 12.5. The highest BCUT2D eigenvalue weighted by atomic mass is 35.5. The summed E-state index contributed by atoms with van der Waals surface area (Å²) in [6.45, 7) is 3.26. The molecular weight excluding hydrogens is 314 g/mol. The molecule has 0 spiro atoms. The van der Waals surface area contributed by atoms with Crippen LogP contribution in [0.15, 0.2) is 35.0 Å². The maximum Gasteiger partial charge on any atom is 0.287 e. The first-order chi connectivity index (χ1) is 11.2. The van der Waals surface area contributed by atoms with Gasteiger partial charge >= 0.3 is 0 Å². The Morgan fingerprint density at radius 2 is 2.13 bits per heavy atom. The van der Waals surface area contributed by atoms with E-state index in [0.717, 1.165) is 25.2 Å². The molecular formula is C17H18ClN3O2. The molecule has 0 saturated carbocycles. The molecule has 1 N–H and O–H groups in total. The fourth-order valence-electron chi connectivity index (χ4n) is 3.55. The minimum Gasteiger partial charge on any atom is -0.451 e. The van der Waals surface area contributed by atoms with E-state index in [-0.39, 0.29) is 11.9 Å². The van der Waals surface area contributed by atoms with Crippen molar-refractivity contribution in [3.05, 3.63) is 41.4 Å². The van der Waals surface area contributed by atoms with Crippen LogP contribution < -0.4 is 5.32 Å². The summed E-state index contributed by atoms with van der Waals surface area (Å²) in [7, 11) is 0. The Hall–Kier alpha value is -1.85. The van der Waals surface area contributed by atoms with Gasteiger partial charge in [0.2, 0.25) is 0 Å². The Labute approximate surface area is 139 Å². The highest BCUT2D eigenvalue weighted by Gasteiger charge is 2.35. The molecule has 5 nitrogen and oxygen atoms in total. The van der Waals surface area contributed by atoms with E-state index in [4.69, 9.17) is 16.0 Å². The van der Waals surface area contributed by atoms with Crippen molar-refractivity contribution in [2.45, 2.75) is 18.9 Å². The molecule has 2 aromatic rings. The van der Waals surface area contributed by atoms with Crippen molar-refractivity contribution >= 4 is 17.5 Å². The molecule has 5 rings (SSSR count). The monoisotopic (exact) mass is 331 g/mol. The number of rotatable bonds is 3. The Morgan fingerprint density at radius 1 is 1.30 bits per heavy atom. The van der Waals surface area contributed by atoms with Crippen molar-refractivity contribution in [1.82, 2.24) is 15.2 Å². The Bertz CT molecular complexity index is 722. The number of pyridine rings is 1. The van der Waals surface area contributed by atoms with Gasteiger partial charge in [0, 0.05) is 30.5 Å². The number of carbonyl (C=O) groups excluding carboxylic acids is 1. The first-order valence-electron chi connectivity index (χ1n) is 7.93. The topological polar surface area (TPSA) is 58.4 Å². The average Bonchev–Trinajstić information content (AvgIpc) is 3.06. The van der Waals surface area contributed by atoms with Crippen molar-refractivity contribution in [1.29, 1.82) is 0 Å². The summed E-state index contributed by atoms with van der Waals surface area (Å²) in [4.78, 5) is 18.8. The lowest BCUT2D eigenvalue weighted by Gasteiger charge is -2.44. The standard InChI is InChI=1S/C17H18ClN3O2/c18-13-9-19-6-3-12(13)15-1-2-16(23-15)17(22)20-14-10-21-7-4-11(14)5-8-21/h1-3,6,9,11,14H,4-5,7-8,10H2,(H,20,22)/t14-/m0/s1. The second-order valence-corrected chi connectivity index (χ2v) is 6.64. The smallest absolute Gasteiger partial charge is 0.287 e. The zero-order valence-electron chi connectivity index (χ0n) is 12.7. The molecule has 0 aromatic carbocycles. The van der Waals surface area contributed by atoms with Crippen LogP contribution in [-0.4, -0.2) is 41.5 Å². The van der Waals surface area contributed by atoms with Gasteiger partial charge in [0.1, 0.15) is 5.76 Å². The summed E-state index contributed by atoms with van der Waals surface area (Å²) in [6.07, 6.45) is 5.55. The predicted molar refractivity (Wildman–Crippen MR) is 87.4 cm³/mol. The van der Waals surface area contributed by atoms with Gasteiger partial charge in [-0.05, 0) is 50.0 Å². The van der Waals surface area contributed by atoms with E-state index in [1.165, 1.54) is 12.8 Å². The summed E-state index contributed by atoms with van der Waals surface area (Å²) in [5.41, 5.74) is 0.739. The van der Waals surface area contributed by atoms with Gasteiger partial charge in [0.25, 0.3) is 5.91 Å². The summed E-state index contributed by atoms with van der Waals surface area (Å²) in [5, 5.41) is 3.63. The van der Waals surface area contributed by atoms with Crippen molar-refractivity contribution < 1.29 is 9.21 Å². The maximum atomic E-state index is 12.5. The molecule has 120 valence electrons. The van der Waals surface area contributed by atoms with E-state index < -0.39 is 0 Å². The summed E-state index contributed by atoms with van der Waals surface area (Å²) in [5.74, 6) is 1.34. The normalized spacial score (nSPS) is 26.2. The molecule has 0 aliphatic carbocycles. The second-order valence-electron chi connectivity index (χ2n) is 6.24. The fourth-order valence-corrected chi connectivity index (χ4v) is 3.76. The summed E-state index contributed by atoms with van der Waals surface area (Å²) < 4.78 is 5.70. The average molecular weight is 332 g/mol. The number of carbonyl (C=O) groups is 1. The number of amides is 1. The molecule has 0 radical (unpaired) electrons. The molecule has 3 aliphatic rings. The fraction of sp³-hybridized carbons (Fsp3) is 0.412. The molecule has 6 heteroatoms. The first-order valence-corrected chi connectivity index (χ1v) is 8.31. The molecule has 23 heavy (non-hydrogen) atoms. The van der Waals surface area contributed by atoms with Gasteiger partial charge in [-0.2, -0.15) is 0 Å². The van der Waals surface area contributed by atoms with Crippen molar-refractivity contribution in [2.24, 2.45) is 5.92 Å². The third kappa shape index (κ3) is 2.86. The molecule has 3 fully saturated rings. The van der Waals surface area contributed by atoms with Gasteiger partial charge in [-0.25, -0.2) is 0 Å². The number of hydrogen-bond donors (Lipinski definition) is 1. The van der Waals surface area contributed by atoms with Crippen LogP contribution in [0.2, 0.25) is 5.02 Å². The second kappa shape index (κ2) is 5.98. The van der Waals surface area contributed by atoms with E-state index in [0.29, 0.717) is 22.5 Å². The molecule has 1 amide bonds. The Kier molecular flexibility index (Phi) is 3.83. The van der Waals surface area contributed by atoms with E-state index in [1.54, 1.807) is 30.6 Å². The molecule has 2 bridgehead atoms. The number of aromatic nitrogens is 1. The molecule has 0 unspecified atom stereocenters. The van der Waals surface area contributed by atoms with Gasteiger partial charge in [0.05, 0.1) is 5.02 Å². The van der Waals surface area contributed by atoms with Gasteiger partial charge in [-0.3, -0.25) is 9.78 Å². The van der Waals surface area contributed by atoms with Crippen LogP contribution >= 0.6 is 11.6 Å². The lowest BCUT2D eigenvalue weighted by molar-refractivity contribution is 0.0606. The van der Waals surface area contributed by atoms with Crippen LogP contribution in [0.4, 0.5) is 0 Å². The highest BCUT2D eigenvalue weighted by Crippen LogP contribution is 2.30. The van der Waals surface area contributed by atoms with Crippen LogP contribution in [0.1, 0.15) is 23.4 Å². The lowest BCUT2D eigenvalue weighted by Crippen LogP contribution is -2.57. The summed E-state index contributed by atoms with van der Waals surface area (Å²) in [6, 6.07) is 5.47.